The molecule has 5 aromatic rings. The first-order valence-corrected chi connectivity index (χ1v) is 18.1. The van der Waals surface area contributed by atoms with E-state index in [1.165, 1.54) is 0 Å². The van der Waals surface area contributed by atoms with Gasteiger partial charge in [0.1, 0.15) is 18.1 Å². The molecule has 52 heavy (non-hydrogen) atoms. The summed E-state index contributed by atoms with van der Waals surface area (Å²) in [4.78, 5) is 66.2. The molecule has 2 aliphatic rings. The number of aromatic amines is 1. The molecular formula is C40H42ClN7O4. The number of nitrogens with one attached hydrogen (secondary N) is 3. The van der Waals surface area contributed by atoms with E-state index in [0.29, 0.717) is 43.2 Å². The number of likely N-dealkylation sites (tertiary alicyclic amines) is 2. The molecule has 2 fully saturated rings. The number of aromatic nitrogens is 3. The highest BCUT2D eigenvalue weighted by molar-refractivity contribution is 6.31. The summed E-state index contributed by atoms with van der Waals surface area (Å²) in [5.74, 6) is -1.83. The number of fused-ring (bicyclic) bond motifs is 2. The van der Waals surface area contributed by atoms with Crippen LogP contribution in [0.5, 0.6) is 0 Å². The number of H-pyrrole nitrogens is 1. The number of carbonyl (C=O) groups excluding carboxylic acids is 4. The number of carbonyl (C=O) groups is 4. The molecule has 7 rings (SSSR count). The Hall–Kier alpha value is -5.42. The van der Waals surface area contributed by atoms with Crippen molar-refractivity contribution in [3.05, 3.63) is 119 Å². The zero-order valence-electron chi connectivity index (χ0n) is 29.0. The number of aryl methyl sites for hydroxylation is 1. The number of hydrogen-bond acceptors (Lipinski definition) is 5. The van der Waals surface area contributed by atoms with Crippen LogP contribution in [-0.4, -0.2) is 87.2 Å². The Morgan fingerprint density at radius 3 is 2.46 bits per heavy atom. The van der Waals surface area contributed by atoms with Crippen LogP contribution in [0.15, 0.2) is 97.6 Å². The molecule has 0 radical (unpaired) electrons. The van der Waals surface area contributed by atoms with Crippen molar-refractivity contribution in [2.45, 2.75) is 31.7 Å². The monoisotopic (exact) mass is 719 g/mol. The average molecular weight is 720 g/mol. The molecule has 2 saturated heterocycles. The highest BCUT2D eigenvalue weighted by atomic mass is 35.5. The zero-order valence-corrected chi connectivity index (χ0v) is 29.8. The van der Waals surface area contributed by atoms with Gasteiger partial charge in [0.2, 0.25) is 17.7 Å². The summed E-state index contributed by atoms with van der Waals surface area (Å²) in [5.41, 5.74) is 4.06. The van der Waals surface area contributed by atoms with Crippen LogP contribution in [0.3, 0.4) is 0 Å². The maximum Gasteiger partial charge on any atom is 0.274 e. The quantitative estimate of drug-likeness (QED) is 0.183. The molecule has 3 aromatic carbocycles. The third-order valence-electron chi connectivity index (χ3n) is 10.5. The highest BCUT2D eigenvalue weighted by Crippen LogP contribution is 2.37. The van der Waals surface area contributed by atoms with Crippen LogP contribution in [0.2, 0.25) is 5.02 Å². The Morgan fingerprint density at radius 2 is 1.69 bits per heavy atom. The van der Waals surface area contributed by atoms with E-state index < -0.39 is 12.0 Å². The first-order chi connectivity index (χ1) is 25.3. The molecule has 2 aliphatic heterocycles. The second-order valence-corrected chi connectivity index (χ2v) is 14.2. The molecule has 3 N–H and O–H groups in total. The third-order valence-corrected chi connectivity index (χ3v) is 10.7. The number of halogens is 1. The number of likely N-dealkylation sites (N-methyl/N-ethyl adjacent to an activating group) is 1. The molecule has 268 valence electrons. The van der Waals surface area contributed by atoms with Gasteiger partial charge in [-0.2, -0.15) is 0 Å². The first kappa shape index (κ1) is 35.0. The van der Waals surface area contributed by atoms with Gasteiger partial charge in [-0.3, -0.25) is 19.2 Å². The van der Waals surface area contributed by atoms with Crippen molar-refractivity contribution in [3.63, 3.8) is 0 Å². The van der Waals surface area contributed by atoms with Crippen molar-refractivity contribution in [1.82, 2.24) is 35.0 Å². The minimum Gasteiger partial charge on any atom is -0.361 e. The van der Waals surface area contributed by atoms with Crippen LogP contribution in [0.4, 0.5) is 0 Å². The molecule has 4 heterocycles. The van der Waals surface area contributed by atoms with E-state index in [9.17, 15) is 19.2 Å². The van der Waals surface area contributed by atoms with E-state index in [-0.39, 0.29) is 48.4 Å². The predicted molar refractivity (Wildman–Crippen MR) is 199 cm³/mol. The number of amides is 4. The normalized spacial score (nSPS) is 18.9. The maximum absolute atomic E-state index is 14.2. The van der Waals surface area contributed by atoms with Crippen LogP contribution in [0.1, 0.15) is 34.5 Å². The van der Waals surface area contributed by atoms with E-state index in [0.717, 1.165) is 34.1 Å². The summed E-state index contributed by atoms with van der Waals surface area (Å²) < 4.78 is 1.81. The standard InChI is InChI=1S/C40H42ClN7O4/c1-42-39(51)34(14-8-11-26-9-4-2-5-10-26)45-38(50)33-23-46(37(49)17-27-19-43-35-18-29(41)15-16-31(27)35)20-28-21-47(22-32(28)33)40(52)36-24-48(25-44-36)30-12-6-3-7-13-30/h2-7,9-10,12-13,15-16,18-19,24-25,28,32-34,43H,8,11,14,17,20-23H2,1H3,(H,42,51)(H,45,50)/t28?,32?,33?,34-/m0/s1. The molecule has 4 atom stereocenters. The fraction of sp³-hybridized carbons (Fsp3) is 0.325. The van der Waals surface area contributed by atoms with Crippen LogP contribution < -0.4 is 10.6 Å². The highest BCUT2D eigenvalue weighted by Gasteiger charge is 2.48. The van der Waals surface area contributed by atoms with Gasteiger partial charge in [0.25, 0.3) is 5.91 Å². The smallest absolute Gasteiger partial charge is 0.274 e. The van der Waals surface area contributed by atoms with Crippen molar-refractivity contribution in [2.75, 3.05) is 33.2 Å². The Balaban J connectivity index is 1.10. The zero-order chi connectivity index (χ0) is 36.2. The summed E-state index contributed by atoms with van der Waals surface area (Å²) in [5, 5.41) is 7.26. The summed E-state index contributed by atoms with van der Waals surface area (Å²) in [6, 6.07) is 24.5. The second-order valence-electron chi connectivity index (χ2n) is 13.8. The van der Waals surface area contributed by atoms with Crippen molar-refractivity contribution in [3.8, 4) is 5.69 Å². The summed E-state index contributed by atoms with van der Waals surface area (Å²) in [7, 11) is 1.56. The number of imidazole rings is 1. The minimum absolute atomic E-state index is 0.107. The SMILES string of the molecule is CNC(=O)[C@H](CCCc1ccccc1)NC(=O)C1CN(C(=O)Cc2c[nH]c3cc(Cl)ccc23)CC2CN(C(=O)c3cn(-c4ccccc4)cn3)CC21. The molecule has 3 unspecified atom stereocenters. The largest absolute Gasteiger partial charge is 0.361 e. The Labute approximate surface area is 307 Å². The Bertz CT molecular complexity index is 2060. The lowest BCUT2D eigenvalue weighted by Gasteiger charge is -2.40. The maximum atomic E-state index is 14.2. The lowest BCUT2D eigenvalue weighted by atomic mass is 9.79. The van der Waals surface area contributed by atoms with Crippen LogP contribution in [-0.2, 0) is 27.2 Å². The fourth-order valence-electron chi connectivity index (χ4n) is 7.72. The Morgan fingerprint density at radius 1 is 0.942 bits per heavy atom. The number of para-hydroxylation sites is 1. The van der Waals surface area contributed by atoms with Crippen LogP contribution in [0, 0.1) is 17.8 Å². The number of piperidine rings is 1. The van der Waals surface area contributed by atoms with E-state index in [1.807, 2.05) is 83.6 Å². The third kappa shape index (κ3) is 7.60. The van der Waals surface area contributed by atoms with Gasteiger partial charge in [-0.15, -0.1) is 0 Å². The van der Waals surface area contributed by atoms with Crippen LogP contribution in [0.25, 0.3) is 16.6 Å². The van der Waals surface area contributed by atoms with Crippen molar-refractivity contribution >= 4 is 46.1 Å². The lowest BCUT2D eigenvalue weighted by molar-refractivity contribution is -0.140. The van der Waals surface area contributed by atoms with Crippen molar-refractivity contribution < 1.29 is 19.2 Å². The van der Waals surface area contributed by atoms with E-state index >= 15 is 0 Å². The van der Waals surface area contributed by atoms with E-state index in [4.69, 9.17) is 11.6 Å². The topological polar surface area (TPSA) is 132 Å². The lowest BCUT2D eigenvalue weighted by Crippen LogP contribution is -2.56. The van der Waals surface area contributed by atoms with Crippen LogP contribution >= 0.6 is 11.6 Å². The summed E-state index contributed by atoms with van der Waals surface area (Å²) in [6.45, 7) is 1.34. The van der Waals surface area contributed by atoms with Gasteiger partial charge in [-0.05, 0) is 66.5 Å². The molecule has 0 bridgehead atoms. The molecular weight excluding hydrogens is 678 g/mol. The van der Waals surface area contributed by atoms with E-state index in [2.05, 4.69) is 20.6 Å². The van der Waals surface area contributed by atoms with Gasteiger partial charge < -0.3 is 30.0 Å². The minimum atomic E-state index is -0.732. The molecule has 0 saturated carbocycles. The van der Waals surface area contributed by atoms with Gasteiger partial charge in [0.05, 0.1) is 12.3 Å². The fourth-order valence-corrected chi connectivity index (χ4v) is 7.89. The molecule has 12 heteroatoms. The predicted octanol–water partition coefficient (Wildman–Crippen LogP) is 4.65. The molecule has 2 aromatic heterocycles. The number of nitrogens with zero attached hydrogens (tertiary/aromatic N) is 4. The number of hydrogen-bond donors (Lipinski definition) is 3. The van der Waals surface area contributed by atoms with Gasteiger partial charge in [0, 0.05) is 67.2 Å². The number of benzene rings is 3. The van der Waals surface area contributed by atoms with Gasteiger partial charge in [-0.25, -0.2) is 4.98 Å². The molecule has 0 spiro atoms. The average Bonchev–Trinajstić information content (AvgIpc) is 3.93. The Kier molecular flexibility index (Phi) is 10.4. The molecule has 4 amide bonds. The van der Waals surface area contributed by atoms with Gasteiger partial charge in [0.15, 0.2) is 0 Å². The van der Waals surface area contributed by atoms with Crippen molar-refractivity contribution in [1.29, 1.82) is 0 Å². The summed E-state index contributed by atoms with van der Waals surface area (Å²) in [6.07, 6.45) is 7.25. The number of rotatable bonds is 11. The van der Waals surface area contributed by atoms with Gasteiger partial charge >= 0.3 is 0 Å². The molecule has 0 aliphatic carbocycles. The molecule has 11 nitrogen and oxygen atoms in total. The second kappa shape index (κ2) is 15.4. The first-order valence-electron chi connectivity index (χ1n) is 17.7. The van der Waals surface area contributed by atoms with Crippen molar-refractivity contribution in [2.24, 2.45) is 17.8 Å². The van der Waals surface area contributed by atoms with E-state index in [1.54, 1.807) is 35.4 Å². The summed E-state index contributed by atoms with van der Waals surface area (Å²) >= 11 is 6.18. The van der Waals surface area contributed by atoms with Gasteiger partial charge in [-0.1, -0.05) is 66.2 Å².